The maximum Gasteiger partial charge on any atom is 0.265 e. The van der Waals surface area contributed by atoms with Crippen LogP contribution in [0.3, 0.4) is 0 Å². The van der Waals surface area contributed by atoms with Crippen molar-refractivity contribution in [2.75, 3.05) is 5.32 Å². The average molecular weight is 378 g/mol. The monoisotopic (exact) mass is 378 g/mol. The molecule has 0 unspecified atom stereocenters. The number of rotatable bonds is 5. The van der Waals surface area contributed by atoms with E-state index in [1.165, 1.54) is 18.3 Å². The second kappa shape index (κ2) is 7.17. The van der Waals surface area contributed by atoms with Gasteiger partial charge in [-0.2, -0.15) is 0 Å². The third-order valence-electron chi connectivity index (χ3n) is 5.02. The summed E-state index contributed by atoms with van der Waals surface area (Å²) in [6.07, 6.45) is -0.107. The Morgan fingerprint density at radius 1 is 1.07 bits per heavy atom. The lowest BCUT2D eigenvalue weighted by Crippen LogP contribution is -2.29. The van der Waals surface area contributed by atoms with Crippen LogP contribution in [0, 0.1) is 5.92 Å². The molecule has 1 fully saturated rings. The Balaban J connectivity index is 1.65. The molecular weight excluding hydrogens is 360 g/mol. The van der Waals surface area contributed by atoms with Gasteiger partial charge in [0.2, 0.25) is 6.43 Å². The van der Waals surface area contributed by atoms with Crippen LogP contribution >= 0.6 is 0 Å². The molecule has 0 spiro atoms. The Morgan fingerprint density at radius 2 is 1.93 bits per heavy atom. The van der Waals surface area contributed by atoms with Gasteiger partial charge in [-0.25, -0.2) is 27.5 Å². The smallest absolute Gasteiger partial charge is 0.265 e. The van der Waals surface area contributed by atoms with Gasteiger partial charge in [-0.1, -0.05) is 12.5 Å². The molecule has 0 bridgehead atoms. The van der Waals surface area contributed by atoms with Gasteiger partial charge in [0.1, 0.15) is 11.5 Å². The zero-order chi connectivity index (χ0) is 19.0. The minimum absolute atomic E-state index is 0.109. The number of alkyl halides is 4. The van der Waals surface area contributed by atoms with Crippen LogP contribution in [0.5, 0.6) is 0 Å². The summed E-state index contributed by atoms with van der Waals surface area (Å²) in [5, 5.41) is 3.11. The fourth-order valence-electron chi connectivity index (χ4n) is 3.63. The molecular formula is C19H18F4N4. The zero-order valence-corrected chi connectivity index (χ0v) is 14.3. The Morgan fingerprint density at radius 3 is 2.70 bits per heavy atom. The number of aromatic nitrogens is 3. The summed E-state index contributed by atoms with van der Waals surface area (Å²) in [6.45, 7) is 0. The van der Waals surface area contributed by atoms with E-state index < -0.39 is 18.8 Å². The van der Waals surface area contributed by atoms with Crippen molar-refractivity contribution < 1.29 is 17.6 Å². The molecule has 4 nitrogen and oxygen atoms in total. The molecule has 0 saturated heterocycles. The van der Waals surface area contributed by atoms with Gasteiger partial charge in [0.25, 0.3) is 6.43 Å². The lowest BCUT2D eigenvalue weighted by atomic mass is 10.0. The summed E-state index contributed by atoms with van der Waals surface area (Å²) in [7, 11) is 0. The molecule has 1 saturated carbocycles. The van der Waals surface area contributed by atoms with Crippen LogP contribution in [-0.2, 0) is 0 Å². The number of nitrogens with zero attached hydrogens (tertiary/aromatic N) is 3. The van der Waals surface area contributed by atoms with Gasteiger partial charge in [-0.3, -0.25) is 4.40 Å². The van der Waals surface area contributed by atoms with Gasteiger partial charge in [-0.15, -0.1) is 0 Å². The van der Waals surface area contributed by atoms with Gasteiger partial charge in [0.05, 0.1) is 17.6 Å². The molecule has 142 valence electrons. The highest BCUT2D eigenvalue weighted by Gasteiger charge is 2.34. The summed E-state index contributed by atoms with van der Waals surface area (Å²) in [5.74, 6) is -0.190. The molecule has 0 aliphatic heterocycles. The molecule has 3 heterocycles. The minimum atomic E-state index is -2.58. The van der Waals surface area contributed by atoms with Crippen molar-refractivity contribution in [2.24, 2.45) is 5.92 Å². The lowest BCUT2D eigenvalue weighted by Gasteiger charge is -2.21. The first kappa shape index (κ1) is 17.8. The molecule has 1 N–H and O–H groups in total. The van der Waals surface area contributed by atoms with Crippen LogP contribution in [0.15, 0.2) is 42.7 Å². The number of anilines is 1. The summed E-state index contributed by atoms with van der Waals surface area (Å²) < 4.78 is 53.9. The van der Waals surface area contributed by atoms with Crippen LogP contribution in [0.4, 0.5) is 23.4 Å². The summed E-state index contributed by atoms with van der Waals surface area (Å²) in [5.41, 5.74) is 1.52. The van der Waals surface area contributed by atoms with Crippen molar-refractivity contribution in [3.8, 4) is 11.4 Å². The molecule has 0 aromatic carbocycles. The van der Waals surface area contributed by atoms with Crippen LogP contribution in [0.25, 0.3) is 17.0 Å². The van der Waals surface area contributed by atoms with E-state index >= 15 is 0 Å². The van der Waals surface area contributed by atoms with Crippen molar-refractivity contribution in [3.05, 3.63) is 48.3 Å². The van der Waals surface area contributed by atoms with Crippen molar-refractivity contribution >= 4 is 11.5 Å². The molecule has 3 aromatic heterocycles. The van der Waals surface area contributed by atoms with Crippen molar-refractivity contribution in [1.82, 2.24) is 14.4 Å². The fourth-order valence-corrected chi connectivity index (χ4v) is 3.63. The number of hydrogen-bond acceptors (Lipinski definition) is 3. The highest BCUT2D eigenvalue weighted by molar-refractivity contribution is 5.62. The predicted octanol–water partition coefficient (Wildman–Crippen LogP) is 5.18. The highest BCUT2D eigenvalue weighted by Crippen LogP contribution is 2.33. The Kier molecular flexibility index (Phi) is 4.72. The standard InChI is InChI=1S/C19H18F4N4/c20-18(21)11-7-8-17-24-9-15(27(17)10-11)14-5-2-6-16(26-14)25-13-4-1-3-12(13)19(22)23/h2,5-10,12-13,18-19H,1,3-4H2,(H,25,26)/t12-,13-/m0/s1. The topological polar surface area (TPSA) is 42.2 Å². The normalized spacial score (nSPS) is 20.1. The van der Waals surface area contributed by atoms with E-state index in [2.05, 4.69) is 15.3 Å². The van der Waals surface area contributed by atoms with Gasteiger partial charge < -0.3 is 5.32 Å². The largest absolute Gasteiger partial charge is 0.367 e. The van der Waals surface area contributed by atoms with E-state index in [1.54, 1.807) is 28.8 Å². The van der Waals surface area contributed by atoms with Gasteiger partial charge in [0, 0.05) is 23.7 Å². The molecule has 1 aliphatic rings. The van der Waals surface area contributed by atoms with E-state index in [-0.39, 0.29) is 11.6 Å². The van der Waals surface area contributed by atoms with Gasteiger partial charge in [0.15, 0.2) is 0 Å². The van der Waals surface area contributed by atoms with Crippen molar-refractivity contribution in [1.29, 1.82) is 0 Å². The number of imidazole rings is 1. The Bertz CT molecular complexity index is 940. The average Bonchev–Trinajstić information content (AvgIpc) is 3.28. The summed E-state index contributed by atoms with van der Waals surface area (Å²) in [4.78, 5) is 8.71. The molecule has 4 rings (SSSR count). The first-order valence-electron chi connectivity index (χ1n) is 8.80. The maximum absolute atomic E-state index is 13.1. The van der Waals surface area contributed by atoms with E-state index in [0.29, 0.717) is 35.7 Å². The second-order valence-corrected chi connectivity index (χ2v) is 6.72. The quantitative estimate of drug-likeness (QED) is 0.622. The number of halogens is 4. The molecule has 1 aliphatic carbocycles. The van der Waals surface area contributed by atoms with Gasteiger partial charge in [-0.05, 0) is 37.1 Å². The second-order valence-electron chi connectivity index (χ2n) is 6.72. The third-order valence-corrected chi connectivity index (χ3v) is 5.02. The van der Waals surface area contributed by atoms with Crippen LogP contribution < -0.4 is 5.32 Å². The number of hydrogen-bond donors (Lipinski definition) is 1. The zero-order valence-electron chi connectivity index (χ0n) is 14.3. The van der Waals surface area contributed by atoms with Crippen LogP contribution in [0.2, 0.25) is 0 Å². The predicted molar refractivity (Wildman–Crippen MR) is 94.1 cm³/mol. The van der Waals surface area contributed by atoms with Crippen molar-refractivity contribution in [3.63, 3.8) is 0 Å². The highest BCUT2D eigenvalue weighted by atomic mass is 19.3. The molecule has 8 heteroatoms. The molecule has 2 atom stereocenters. The summed E-state index contributed by atoms with van der Waals surface area (Å²) >= 11 is 0. The minimum Gasteiger partial charge on any atom is -0.367 e. The molecule has 3 aromatic rings. The Labute approximate surface area is 153 Å². The molecule has 0 amide bonds. The van der Waals surface area contributed by atoms with Crippen LogP contribution in [0.1, 0.15) is 31.3 Å². The molecule has 27 heavy (non-hydrogen) atoms. The SMILES string of the molecule is FC(F)c1ccc2ncc(-c3cccc(N[C@H]4CCC[C@@H]4C(F)F)n3)n2c1. The van der Waals surface area contributed by atoms with Gasteiger partial charge >= 0.3 is 0 Å². The first-order valence-corrected chi connectivity index (χ1v) is 8.80. The maximum atomic E-state index is 13.1. The van der Waals surface area contributed by atoms with E-state index in [0.717, 1.165) is 6.42 Å². The van der Waals surface area contributed by atoms with Crippen LogP contribution in [-0.4, -0.2) is 26.8 Å². The third kappa shape index (κ3) is 3.48. The molecule has 0 radical (unpaired) electrons. The summed E-state index contributed by atoms with van der Waals surface area (Å²) in [6, 6.07) is 7.76. The van der Waals surface area contributed by atoms with Crippen molar-refractivity contribution in [2.45, 2.75) is 38.2 Å². The Hall–Kier alpha value is -2.64. The van der Waals surface area contributed by atoms with E-state index in [9.17, 15) is 17.6 Å². The number of nitrogens with one attached hydrogen (secondary N) is 1. The fraction of sp³-hybridized carbons (Fsp3) is 0.368. The number of fused-ring (bicyclic) bond motifs is 1. The number of pyridine rings is 2. The van der Waals surface area contributed by atoms with E-state index in [1.807, 2.05) is 0 Å². The van der Waals surface area contributed by atoms with E-state index in [4.69, 9.17) is 0 Å². The lowest BCUT2D eigenvalue weighted by molar-refractivity contribution is 0.0757. The first-order chi connectivity index (χ1) is 13.0.